The van der Waals surface area contributed by atoms with Crippen molar-refractivity contribution in [2.75, 3.05) is 18.9 Å². The standard InChI is InChI=1S/C22H30N2O/c1-6-16-11-7-8-12-17(16)19(15-23-5)18-13-9-10-14-20(18)24-21(25)22(2,3)4/h7-14,19,23H,6,15H2,1-5H3,(H,24,25). The van der Waals surface area contributed by atoms with Crippen LogP contribution in [-0.4, -0.2) is 19.5 Å². The highest BCUT2D eigenvalue weighted by Gasteiger charge is 2.24. The summed E-state index contributed by atoms with van der Waals surface area (Å²) in [6.07, 6.45) is 0.993. The average molecular weight is 338 g/mol. The molecule has 1 amide bonds. The third-order valence-electron chi connectivity index (χ3n) is 4.49. The quantitative estimate of drug-likeness (QED) is 0.809. The molecular formula is C22H30N2O. The Hall–Kier alpha value is -2.13. The maximum atomic E-state index is 12.5. The van der Waals surface area contributed by atoms with E-state index in [1.165, 1.54) is 11.1 Å². The van der Waals surface area contributed by atoms with Crippen LogP contribution in [-0.2, 0) is 11.2 Å². The molecule has 2 aromatic rings. The van der Waals surface area contributed by atoms with Crippen molar-refractivity contribution in [3.63, 3.8) is 0 Å². The second-order valence-electron chi connectivity index (χ2n) is 7.45. The zero-order chi connectivity index (χ0) is 18.4. The minimum atomic E-state index is -0.424. The fourth-order valence-corrected chi connectivity index (χ4v) is 3.01. The zero-order valence-electron chi connectivity index (χ0n) is 16.0. The largest absolute Gasteiger partial charge is 0.325 e. The van der Waals surface area contributed by atoms with Gasteiger partial charge in [-0.3, -0.25) is 4.79 Å². The van der Waals surface area contributed by atoms with E-state index in [4.69, 9.17) is 0 Å². The molecule has 25 heavy (non-hydrogen) atoms. The summed E-state index contributed by atoms with van der Waals surface area (Å²) < 4.78 is 0. The summed E-state index contributed by atoms with van der Waals surface area (Å²) in [4.78, 5) is 12.5. The SMILES string of the molecule is CCc1ccccc1C(CNC)c1ccccc1NC(=O)C(C)(C)C. The first-order valence-electron chi connectivity index (χ1n) is 9.01. The van der Waals surface area contributed by atoms with Crippen molar-refractivity contribution in [1.82, 2.24) is 5.32 Å². The molecule has 3 nitrogen and oxygen atoms in total. The molecule has 2 aromatic carbocycles. The predicted molar refractivity (Wildman–Crippen MR) is 106 cm³/mol. The number of likely N-dealkylation sites (N-methyl/N-ethyl adjacent to an activating group) is 1. The molecule has 1 atom stereocenters. The van der Waals surface area contributed by atoms with E-state index in [-0.39, 0.29) is 11.8 Å². The summed E-state index contributed by atoms with van der Waals surface area (Å²) in [5, 5.41) is 6.44. The predicted octanol–water partition coefficient (Wildman–Crippen LogP) is 4.58. The van der Waals surface area contributed by atoms with Crippen molar-refractivity contribution in [3.05, 3.63) is 65.2 Å². The summed E-state index contributed by atoms with van der Waals surface area (Å²) >= 11 is 0. The van der Waals surface area contributed by atoms with Gasteiger partial charge in [-0.25, -0.2) is 0 Å². The van der Waals surface area contributed by atoms with E-state index in [0.29, 0.717) is 0 Å². The van der Waals surface area contributed by atoms with Crippen LogP contribution in [0.1, 0.15) is 50.3 Å². The van der Waals surface area contributed by atoms with Gasteiger partial charge >= 0.3 is 0 Å². The van der Waals surface area contributed by atoms with Crippen molar-refractivity contribution in [1.29, 1.82) is 0 Å². The van der Waals surface area contributed by atoms with Crippen molar-refractivity contribution < 1.29 is 4.79 Å². The number of benzene rings is 2. The molecule has 0 radical (unpaired) electrons. The number of para-hydroxylation sites is 1. The molecule has 0 aliphatic heterocycles. The normalized spacial score (nSPS) is 12.7. The Balaban J connectivity index is 2.47. The first-order valence-corrected chi connectivity index (χ1v) is 9.01. The van der Waals surface area contributed by atoms with Gasteiger partial charge in [-0.2, -0.15) is 0 Å². The van der Waals surface area contributed by atoms with Crippen LogP contribution in [0, 0.1) is 5.41 Å². The van der Waals surface area contributed by atoms with Crippen LogP contribution in [0.3, 0.4) is 0 Å². The molecule has 0 fully saturated rings. The molecule has 0 spiro atoms. The van der Waals surface area contributed by atoms with Gasteiger partial charge in [0, 0.05) is 23.6 Å². The van der Waals surface area contributed by atoms with Crippen LogP contribution in [0.15, 0.2) is 48.5 Å². The lowest BCUT2D eigenvalue weighted by atomic mass is 9.86. The van der Waals surface area contributed by atoms with Gasteiger partial charge in [0.15, 0.2) is 0 Å². The van der Waals surface area contributed by atoms with Crippen molar-refractivity contribution >= 4 is 11.6 Å². The number of hydrogen-bond donors (Lipinski definition) is 2. The smallest absolute Gasteiger partial charge is 0.229 e. The Bertz CT molecular complexity index is 716. The summed E-state index contributed by atoms with van der Waals surface area (Å²) in [7, 11) is 1.97. The topological polar surface area (TPSA) is 41.1 Å². The number of rotatable bonds is 6. The molecule has 1 unspecified atom stereocenters. The van der Waals surface area contributed by atoms with Crippen molar-refractivity contribution in [2.24, 2.45) is 5.41 Å². The number of nitrogens with one attached hydrogen (secondary N) is 2. The molecule has 0 heterocycles. The number of hydrogen-bond acceptors (Lipinski definition) is 2. The molecule has 3 heteroatoms. The highest BCUT2D eigenvalue weighted by Crippen LogP contribution is 2.33. The van der Waals surface area contributed by atoms with E-state index in [0.717, 1.165) is 24.2 Å². The molecule has 0 saturated heterocycles. The first kappa shape index (κ1) is 19.2. The van der Waals surface area contributed by atoms with E-state index in [2.05, 4.69) is 47.9 Å². The summed E-state index contributed by atoms with van der Waals surface area (Å²) in [5.74, 6) is 0.226. The van der Waals surface area contributed by atoms with E-state index in [1.807, 2.05) is 46.0 Å². The van der Waals surface area contributed by atoms with E-state index in [1.54, 1.807) is 0 Å². The fraction of sp³-hybridized carbons (Fsp3) is 0.409. The van der Waals surface area contributed by atoms with Gasteiger partial charge in [-0.15, -0.1) is 0 Å². The Labute approximate surface area is 151 Å². The molecule has 0 aliphatic rings. The van der Waals surface area contributed by atoms with Crippen LogP contribution in [0.4, 0.5) is 5.69 Å². The number of aryl methyl sites for hydroxylation is 1. The lowest BCUT2D eigenvalue weighted by molar-refractivity contribution is -0.123. The average Bonchev–Trinajstić information content (AvgIpc) is 2.59. The number of carbonyl (C=O) groups excluding carboxylic acids is 1. The van der Waals surface area contributed by atoms with Crippen molar-refractivity contribution in [3.8, 4) is 0 Å². The molecule has 2 N–H and O–H groups in total. The highest BCUT2D eigenvalue weighted by atomic mass is 16.2. The van der Waals surface area contributed by atoms with Gasteiger partial charge in [0.1, 0.15) is 0 Å². The van der Waals surface area contributed by atoms with Crippen LogP contribution in [0.25, 0.3) is 0 Å². The van der Waals surface area contributed by atoms with E-state index < -0.39 is 5.41 Å². The zero-order valence-corrected chi connectivity index (χ0v) is 16.0. The van der Waals surface area contributed by atoms with Gasteiger partial charge in [-0.1, -0.05) is 70.2 Å². The summed E-state index contributed by atoms with van der Waals surface area (Å²) in [5.41, 5.74) is 4.29. The minimum absolute atomic E-state index is 0.0342. The van der Waals surface area contributed by atoms with Gasteiger partial charge in [0.25, 0.3) is 0 Å². The molecule has 134 valence electrons. The number of amides is 1. The Morgan fingerprint density at radius 2 is 1.60 bits per heavy atom. The Morgan fingerprint density at radius 3 is 2.20 bits per heavy atom. The van der Waals surface area contributed by atoms with Crippen LogP contribution >= 0.6 is 0 Å². The molecular weight excluding hydrogens is 308 g/mol. The van der Waals surface area contributed by atoms with Gasteiger partial charge in [0.05, 0.1) is 0 Å². The monoisotopic (exact) mass is 338 g/mol. The third kappa shape index (κ3) is 4.70. The number of carbonyl (C=O) groups is 1. The summed E-state index contributed by atoms with van der Waals surface area (Å²) in [6.45, 7) is 8.80. The van der Waals surface area contributed by atoms with Gasteiger partial charge in [-0.05, 0) is 36.2 Å². The lowest BCUT2D eigenvalue weighted by Crippen LogP contribution is -2.29. The minimum Gasteiger partial charge on any atom is -0.325 e. The first-order chi connectivity index (χ1) is 11.9. The van der Waals surface area contributed by atoms with E-state index in [9.17, 15) is 4.79 Å². The second kappa shape index (κ2) is 8.30. The fourth-order valence-electron chi connectivity index (χ4n) is 3.01. The molecule has 2 rings (SSSR count). The Kier molecular flexibility index (Phi) is 6.38. The van der Waals surface area contributed by atoms with Crippen LogP contribution in [0.2, 0.25) is 0 Å². The lowest BCUT2D eigenvalue weighted by Gasteiger charge is -2.25. The van der Waals surface area contributed by atoms with E-state index >= 15 is 0 Å². The molecule has 0 saturated carbocycles. The molecule has 0 bridgehead atoms. The van der Waals surface area contributed by atoms with Crippen LogP contribution in [0.5, 0.6) is 0 Å². The maximum absolute atomic E-state index is 12.5. The molecule has 0 aromatic heterocycles. The van der Waals surface area contributed by atoms with Crippen LogP contribution < -0.4 is 10.6 Å². The van der Waals surface area contributed by atoms with Gasteiger partial charge in [0.2, 0.25) is 5.91 Å². The van der Waals surface area contributed by atoms with Gasteiger partial charge < -0.3 is 10.6 Å². The molecule has 0 aliphatic carbocycles. The maximum Gasteiger partial charge on any atom is 0.229 e. The third-order valence-corrected chi connectivity index (χ3v) is 4.49. The number of anilines is 1. The van der Waals surface area contributed by atoms with Crippen molar-refractivity contribution in [2.45, 2.75) is 40.0 Å². The highest BCUT2D eigenvalue weighted by molar-refractivity contribution is 5.95. The summed E-state index contributed by atoms with van der Waals surface area (Å²) in [6, 6.07) is 16.7. The second-order valence-corrected chi connectivity index (χ2v) is 7.45. The Morgan fingerprint density at radius 1 is 1.00 bits per heavy atom.